The molecule has 2 fully saturated rings. The fourth-order valence-corrected chi connectivity index (χ4v) is 4.18. The van der Waals surface area contributed by atoms with Crippen molar-refractivity contribution in [3.8, 4) is 0 Å². The molecular weight excluding hydrogens is 298 g/mol. The average Bonchev–Trinajstić information content (AvgIpc) is 2.67. The Morgan fingerprint density at radius 1 is 0.833 bits per heavy atom. The minimum atomic E-state index is -0.453. The first-order valence-electron chi connectivity index (χ1n) is 9.66. The summed E-state index contributed by atoms with van der Waals surface area (Å²) in [7, 11) is 0. The maximum atomic E-state index is 12.3. The second-order valence-corrected chi connectivity index (χ2v) is 7.50. The molecule has 1 aromatic carbocycles. The Kier molecular flexibility index (Phi) is 6.06. The summed E-state index contributed by atoms with van der Waals surface area (Å²) in [5.41, 5.74) is 1.82. The van der Waals surface area contributed by atoms with Crippen LogP contribution in [0.3, 0.4) is 0 Å². The molecule has 0 aliphatic heterocycles. The number of nitrogens with one attached hydrogen (secondary N) is 1. The van der Waals surface area contributed by atoms with Gasteiger partial charge in [-0.25, -0.2) is 0 Å². The third-order valence-electron chi connectivity index (χ3n) is 5.73. The highest BCUT2D eigenvalue weighted by Crippen LogP contribution is 2.32. The zero-order valence-electron chi connectivity index (χ0n) is 14.6. The molecule has 130 valence electrons. The van der Waals surface area contributed by atoms with Gasteiger partial charge in [0.1, 0.15) is 0 Å². The lowest BCUT2D eigenvalue weighted by Gasteiger charge is -2.22. The third-order valence-corrected chi connectivity index (χ3v) is 5.73. The summed E-state index contributed by atoms with van der Waals surface area (Å²) in [6, 6.07) is 7.73. The van der Waals surface area contributed by atoms with Gasteiger partial charge in [0.05, 0.1) is 0 Å². The topological polar surface area (TPSA) is 46.2 Å². The maximum absolute atomic E-state index is 12.3. The number of carbonyl (C=O) groups is 2. The predicted octanol–water partition coefficient (Wildman–Crippen LogP) is 4.61. The molecule has 1 N–H and O–H groups in total. The molecule has 24 heavy (non-hydrogen) atoms. The van der Waals surface area contributed by atoms with Crippen molar-refractivity contribution in [3.05, 3.63) is 35.4 Å². The van der Waals surface area contributed by atoms with E-state index in [1.54, 1.807) is 0 Å². The van der Waals surface area contributed by atoms with Crippen molar-refractivity contribution in [1.82, 2.24) is 5.32 Å². The molecule has 0 radical (unpaired) electrons. The number of ketones is 1. The second-order valence-electron chi connectivity index (χ2n) is 7.50. The highest BCUT2D eigenvalue weighted by Gasteiger charge is 2.20. The number of amides is 1. The van der Waals surface area contributed by atoms with Gasteiger partial charge in [-0.3, -0.25) is 9.59 Å². The Balaban J connectivity index is 1.52. The Bertz CT molecular complexity index is 552. The van der Waals surface area contributed by atoms with Crippen LogP contribution >= 0.6 is 0 Å². The van der Waals surface area contributed by atoms with Crippen molar-refractivity contribution in [2.45, 2.75) is 70.1 Å². The Labute approximate surface area is 145 Å². The highest BCUT2D eigenvalue weighted by atomic mass is 16.2. The van der Waals surface area contributed by atoms with Gasteiger partial charge in [-0.2, -0.15) is 0 Å². The molecule has 0 aromatic heterocycles. The van der Waals surface area contributed by atoms with Crippen LogP contribution in [0.4, 0.5) is 0 Å². The lowest BCUT2D eigenvalue weighted by Crippen LogP contribution is -2.35. The van der Waals surface area contributed by atoms with Crippen molar-refractivity contribution in [3.63, 3.8) is 0 Å². The van der Waals surface area contributed by atoms with Crippen LogP contribution in [-0.2, 0) is 4.79 Å². The molecule has 3 heteroatoms. The van der Waals surface area contributed by atoms with Crippen molar-refractivity contribution >= 4 is 11.7 Å². The van der Waals surface area contributed by atoms with E-state index in [1.807, 2.05) is 24.3 Å². The molecular formula is C21H29NO2. The number of hydrogen-bond acceptors (Lipinski definition) is 2. The smallest absolute Gasteiger partial charge is 0.292 e. The molecule has 3 rings (SSSR count). The van der Waals surface area contributed by atoms with Crippen LogP contribution in [0.2, 0.25) is 0 Å². The van der Waals surface area contributed by atoms with Crippen LogP contribution in [0.15, 0.2) is 24.3 Å². The summed E-state index contributed by atoms with van der Waals surface area (Å²) in [6.07, 6.45) is 12.6. The monoisotopic (exact) mass is 327 g/mol. The maximum Gasteiger partial charge on any atom is 0.292 e. The van der Waals surface area contributed by atoms with E-state index in [-0.39, 0.29) is 0 Å². The molecule has 0 unspecified atom stereocenters. The quantitative estimate of drug-likeness (QED) is 0.634. The SMILES string of the molecule is O=C(NCC1CCCCC1)C(=O)c1ccc(C2CCCCC2)cc1. The number of hydrogen-bond donors (Lipinski definition) is 1. The van der Waals surface area contributed by atoms with E-state index in [9.17, 15) is 9.59 Å². The van der Waals surface area contributed by atoms with Gasteiger partial charge < -0.3 is 5.32 Å². The molecule has 2 aliphatic carbocycles. The lowest BCUT2D eigenvalue weighted by atomic mass is 9.84. The van der Waals surface area contributed by atoms with Gasteiger partial charge in [0.2, 0.25) is 5.78 Å². The number of Topliss-reactive ketones (excluding diaryl/α,β-unsaturated/α-hetero) is 1. The van der Waals surface area contributed by atoms with E-state index in [0.29, 0.717) is 23.9 Å². The van der Waals surface area contributed by atoms with E-state index < -0.39 is 11.7 Å². The van der Waals surface area contributed by atoms with Crippen LogP contribution in [0.5, 0.6) is 0 Å². The van der Waals surface area contributed by atoms with E-state index in [4.69, 9.17) is 0 Å². The summed E-state index contributed by atoms with van der Waals surface area (Å²) >= 11 is 0. The molecule has 0 spiro atoms. The Morgan fingerprint density at radius 3 is 2.04 bits per heavy atom. The molecule has 1 aromatic rings. The van der Waals surface area contributed by atoms with E-state index in [1.165, 1.54) is 69.8 Å². The largest absolute Gasteiger partial charge is 0.349 e. The zero-order chi connectivity index (χ0) is 16.8. The minimum absolute atomic E-state index is 0.402. The third kappa shape index (κ3) is 4.46. The normalized spacial score (nSPS) is 19.8. The van der Waals surface area contributed by atoms with Crippen LogP contribution in [0.1, 0.15) is 86.0 Å². The zero-order valence-corrected chi connectivity index (χ0v) is 14.6. The van der Waals surface area contributed by atoms with Crippen molar-refractivity contribution in [2.24, 2.45) is 5.92 Å². The molecule has 1 amide bonds. The first-order chi connectivity index (χ1) is 11.7. The van der Waals surface area contributed by atoms with Gasteiger partial charge in [-0.15, -0.1) is 0 Å². The summed E-state index contributed by atoms with van der Waals surface area (Å²) in [4.78, 5) is 24.4. The molecule has 2 saturated carbocycles. The van der Waals surface area contributed by atoms with Gasteiger partial charge in [0, 0.05) is 12.1 Å². The van der Waals surface area contributed by atoms with Crippen LogP contribution in [-0.4, -0.2) is 18.2 Å². The summed E-state index contributed by atoms with van der Waals surface area (Å²) in [5.74, 6) is 0.319. The Hall–Kier alpha value is -1.64. The predicted molar refractivity (Wildman–Crippen MR) is 96.2 cm³/mol. The van der Waals surface area contributed by atoms with Gasteiger partial charge in [-0.05, 0) is 43.1 Å². The van der Waals surface area contributed by atoms with E-state index >= 15 is 0 Å². The number of benzene rings is 1. The molecule has 0 atom stereocenters. The van der Waals surface area contributed by atoms with Gasteiger partial charge in [-0.1, -0.05) is 62.8 Å². The van der Waals surface area contributed by atoms with Crippen molar-refractivity contribution < 1.29 is 9.59 Å². The molecule has 0 saturated heterocycles. The summed E-state index contributed by atoms with van der Waals surface area (Å²) in [5, 5.41) is 2.84. The summed E-state index contributed by atoms with van der Waals surface area (Å²) < 4.78 is 0. The average molecular weight is 327 g/mol. The Morgan fingerprint density at radius 2 is 1.42 bits per heavy atom. The van der Waals surface area contributed by atoms with E-state index in [0.717, 1.165) is 0 Å². The number of carbonyl (C=O) groups excluding carboxylic acids is 2. The molecule has 0 heterocycles. The fraction of sp³-hybridized carbons (Fsp3) is 0.619. The van der Waals surface area contributed by atoms with E-state index in [2.05, 4.69) is 5.32 Å². The first kappa shape index (κ1) is 17.2. The number of rotatable bonds is 5. The van der Waals surface area contributed by atoms with Crippen LogP contribution < -0.4 is 5.32 Å². The lowest BCUT2D eigenvalue weighted by molar-refractivity contribution is -0.117. The van der Waals surface area contributed by atoms with Crippen LogP contribution in [0, 0.1) is 5.92 Å². The first-order valence-corrected chi connectivity index (χ1v) is 9.66. The molecule has 0 bridgehead atoms. The van der Waals surface area contributed by atoms with Gasteiger partial charge >= 0.3 is 0 Å². The molecule has 2 aliphatic rings. The standard InChI is InChI=1S/C21H29NO2/c23-20(21(24)22-15-16-7-3-1-4-8-16)19-13-11-18(12-14-19)17-9-5-2-6-10-17/h11-14,16-17H,1-10,15H2,(H,22,24). The van der Waals surface area contributed by atoms with Crippen molar-refractivity contribution in [1.29, 1.82) is 0 Å². The van der Waals surface area contributed by atoms with Gasteiger partial charge in [0.15, 0.2) is 0 Å². The van der Waals surface area contributed by atoms with Crippen LogP contribution in [0.25, 0.3) is 0 Å². The summed E-state index contributed by atoms with van der Waals surface area (Å²) in [6.45, 7) is 0.644. The molecule has 3 nitrogen and oxygen atoms in total. The highest BCUT2D eigenvalue weighted by molar-refractivity contribution is 6.42. The minimum Gasteiger partial charge on any atom is -0.349 e. The second kappa shape index (κ2) is 8.46. The van der Waals surface area contributed by atoms with Crippen molar-refractivity contribution in [2.75, 3.05) is 6.54 Å². The van der Waals surface area contributed by atoms with Gasteiger partial charge in [0.25, 0.3) is 5.91 Å². The fourth-order valence-electron chi connectivity index (χ4n) is 4.18.